The summed E-state index contributed by atoms with van der Waals surface area (Å²) in [4.78, 5) is 27.0. The minimum absolute atomic E-state index is 0.111. The number of pyridine rings is 1. The number of hydrogen-bond acceptors (Lipinski definition) is 6. The fourth-order valence-electron chi connectivity index (χ4n) is 4.08. The molecule has 1 aromatic carbocycles. The van der Waals surface area contributed by atoms with Gasteiger partial charge in [-0.25, -0.2) is 19.3 Å². The quantitative estimate of drug-likeness (QED) is 0.510. The van der Waals surface area contributed by atoms with Crippen LogP contribution in [0.1, 0.15) is 39.0 Å². The molecule has 3 aromatic heterocycles. The smallest absolute Gasteiger partial charge is 0.278 e. The lowest BCUT2D eigenvalue weighted by Gasteiger charge is -2.19. The van der Waals surface area contributed by atoms with Gasteiger partial charge < -0.3 is 10.6 Å². The van der Waals surface area contributed by atoms with Crippen LogP contribution in [-0.2, 0) is 18.4 Å². The van der Waals surface area contributed by atoms with Crippen LogP contribution in [-0.4, -0.2) is 30.9 Å². The molecule has 4 heterocycles. The van der Waals surface area contributed by atoms with E-state index in [-0.39, 0.29) is 11.0 Å². The van der Waals surface area contributed by atoms with Crippen LogP contribution in [0, 0.1) is 0 Å². The van der Waals surface area contributed by atoms with E-state index in [0.717, 1.165) is 24.3 Å². The minimum Gasteiger partial charge on any atom is -0.384 e. The number of nitrogens with zero attached hydrogens (tertiary/aromatic N) is 5. The van der Waals surface area contributed by atoms with Crippen molar-refractivity contribution in [3.63, 3.8) is 0 Å². The van der Waals surface area contributed by atoms with Crippen LogP contribution in [0.4, 0.5) is 17.3 Å². The summed E-state index contributed by atoms with van der Waals surface area (Å²) in [5, 5.41) is 7.13. The van der Waals surface area contributed by atoms with Crippen LogP contribution in [0.25, 0.3) is 16.9 Å². The first kappa shape index (κ1) is 20.2. The van der Waals surface area contributed by atoms with Gasteiger partial charge in [0.05, 0.1) is 0 Å². The van der Waals surface area contributed by atoms with E-state index in [1.54, 1.807) is 15.6 Å². The maximum atomic E-state index is 13.0. The summed E-state index contributed by atoms with van der Waals surface area (Å²) in [6, 6.07) is 12.1. The standard InChI is InChI=1S/C24H27N7O/c1-5-30-22(32)17-14-26-23(27-16-9-10-18-15(13-16)11-12-25-18)29-21(17)31(30)20-8-6-7-19(28-20)24(2,3)4/h6-10,13-14,25H,5,11-12H2,1-4H3,(H,26,27,29). The van der Waals surface area contributed by atoms with Crippen molar-refractivity contribution in [2.45, 2.75) is 46.1 Å². The molecule has 0 bridgehead atoms. The molecular weight excluding hydrogens is 402 g/mol. The minimum atomic E-state index is -0.124. The van der Waals surface area contributed by atoms with Gasteiger partial charge in [0.15, 0.2) is 11.5 Å². The maximum Gasteiger partial charge on any atom is 0.278 e. The highest BCUT2D eigenvalue weighted by molar-refractivity contribution is 5.77. The van der Waals surface area contributed by atoms with Gasteiger partial charge in [0, 0.05) is 41.8 Å². The third-order valence-corrected chi connectivity index (χ3v) is 5.77. The van der Waals surface area contributed by atoms with E-state index in [4.69, 9.17) is 9.97 Å². The van der Waals surface area contributed by atoms with Crippen LogP contribution < -0.4 is 16.2 Å². The van der Waals surface area contributed by atoms with E-state index in [1.807, 2.05) is 31.2 Å². The molecule has 32 heavy (non-hydrogen) atoms. The van der Waals surface area contributed by atoms with Crippen molar-refractivity contribution < 1.29 is 0 Å². The zero-order chi connectivity index (χ0) is 22.5. The Morgan fingerprint density at radius 3 is 2.78 bits per heavy atom. The predicted octanol–water partition coefficient (Wildman–Crippen LogP) is 4.01. The molecule has 5 rings (SSSR count). The molecule has 8 nitrogen and oxygen atoms in total. The molecule has 0 saturated heterocycles. The predicted molar refractivity (Wildman–Crippen MR) is 127 cm³/mol. The molecule has 0 aliphatic carbocycles. The van der Waals surface area contributed by atoms with Gasteiger partial charge in [0.1, 0.15) is 5.39 Å². The van der Waals surface area contributed by atoms with E-state index in [9.17, 15) is 4.79 Å². The molecule has 0 unspecified atom stereocenters. The fourth-order valence-corrected chi connectivity index (χ4v) is 4.08. The lowest BCUT2D eigenvalue weighted by molar-refractivity contribution is 0.545. The Morgan fingerprint density at radius 2 is 2.00 bits per heavy atom. The molecule has 0 amide bonds. The third-order valence-electron chi connectivity index (χ3n) is 5.77. The van der Waals surface area contributed by atoms with Crippen molar-refractivity contribution >= 4 is 28.4 Å². The summed E-state index contributed by atoms with van der Waals surface area (Å²) in [5.41, 5.74) is 4.62. The second kappa shape index (κ2) is 7.47. The number of benzene rings is 1. The summed E-state index contributed by atoms with van der Waals surface area (Å²) in [6.45, 7) is 9.76. The summed E-state index contributed by atoms with van der Waals surface area (Å²) < 4.78 is 3.45. The number of fused-ring (bicyclic) bond motifs is 2. The van der Waals surface area contributed by atoms with Crippen molar-refractivity contribution in [1.82, 2.24) is 24.3 Å². The molecule has 0 saturated carbocycles. The summed E-state index contributed by atoms with van der Waals surface area (Å²) in [7, 11) is 0. The Bertz CT molecular complexity index is 1380. The number of anilines is 3. The molecule has 164 valence electrons. The first-order chi connectivity index (χ1) is 15.3. The summed E-state index contributed by atoms with van der Waals surface area (Å²) in [5.74, 6) is 1.11. The first-order valence-electron chi connectivity index (χ1n) is 11.0. The second-order valence-electron chi connectivity index (χ2n) is 9.07. The van der Waals surface area contributed by atoms with Gasteiger partial charge in [-0.15, -0.1) is 0 Å². The summed E-state index contributed by atoms with van der Waals surface area (Å²) in [6.07, 6.45) is 2.59. The highest BCUT2D eigenvalue weighted by Crippen LogP contribution is 2.27. The number of nitrogens with one attached hydrogen (secondary N) is 2. The fraction of sp³-hybridized carbons (Fsp3) is 0.333. The SMILES string of the molecule is CCn1c(=O)c2cnc(Nc3ccc4c(c3)CCN4)nc2n1-c1cccc(C(C)(C)C)n1. The van der Waals surface area contributed by atoms with Gasteiger partial charge in [-0.3, -0.25) is 4.79 Å². The third kappa shape index (κ3) is 3.41. The van der Waals surface area contributed by atoms with E-state index in [2.05, 4.69) is 48.5 Å². The van der Waals surface area contributed by atoms with Gasteiger partial charge in [-0.1, -0.05) is 26.8 Å². The van der Waals surface area contributed by atoms with Crippen LogP contribution in [0.5, 0.6) is 0 Å². The van der Waals surface area contributed by atoms with Gasteiger partial charge >= 0.3 is 0 Å². The molecule has 0 fully saturated rings. The molecule has 4 aromatic rings. The Kier molecular flexibility index (Phi) is 4.73. The molecule has 8 heteroatoms. The average Bonchev–Trinajstić information content (AvgIpc) is 3.34. The monoisotopic (exact) mass is 429 g/mol. The number of hydrogen-bond donors (Lipinski definition) is 2. The largest absolute Gasteiger partial charge is 0.384 e. The van der Waals surface area contributed by atoms with Crippen LogP contribution in [0.15, 0.2) is 47.4 Å². The van der Waals surface area contributed by atoms with Crippen molar-refractivity contribution in [2.24, 2.45) is 0 Å². The van der Waals surface area contributed by atoms with E-state index < -0.39 is 0 Å². The highest BCUT2D eigenvalue weighted by atomic mass is 16.1. The second-order valence-corrected chi connectivity index (χ2v) is 9.07. The number of aromatic nitrogens is 5. The van der Waals surface area contributed by atoms with Crippen molar-refractivity contribution in [3.8, 4) is 5.82 Å². The van der Waals surface area contributed by atoms with Crippen molar-refractivity contribution in [1.29, 1.82) is 0 Å². The zero-order valence-corrected chi connectivity index (χ0v) is 18.8. The Morgan fingerprint density at radius 1 is 1.16 bits per heavy atom. The molecule has 0 atom stereocenters. The van der Waals surface area contributed by atoms with Gasteiger partial charge in [0.2, 0.25) is 5.95 Å². The van der Waals surface area contributed by atoms with Crippen LogP contribution >= 0.6 is 0 Å². The molecular formula is C24H27N7O. The van der Waals surface area contributed by atoms with E-state index in [0.29, 0.717) is 29.3 Å². The van der Waals surface area contributed by atoms with Gasteiger partial charge in [-0.2, -0.15) is 4.98 Å². The Hall–Kier alpha value is -3.68. The topological polar surface area (TPSA) is 89.7 Å². The molecule has 0 radical (unpaired) electrons. The highest BCUT2D eigenvalue weighted by Gasteiger charge is 2.20. The average molecular weight is 430 g/mol. The van der Waals surface area contributed by atoms with Crippen LogP contribution in [0.2, 0.25) is 0 Å². The summed E-state index contributed by atoms with van der Waals surface area (Å²) >= 11 is 0. The zero-order valence-electron chi connectivity index (χ0n) is 18.8. The number of rotatable bonds is 4. The van der Waals surface area contributed by atoms with E-state index >= 15 is 0 Å². The lowest BCUT2D eigenvalue weighted by atomic mass is 9.92. The van der Waals surface area contributed by atoms with Gasteiger partial charge in [0.25, 0.3) is 5.56 Å². The lowest BCUT2D eigenvalue weighted by Crippen LogP contribution is -2.23. The van der Waals surface area contributed by atoms with Crippen molar-refractivity contribution in [3.05, 3.63) is 64.2 Å². The molecule has 1 aliphatic heterocycles. The van der Waals surface area contributed by atoms with Gasteiger partial charge in [-0.05, 0) is 49.2 Å². The molecule has 2 N–H and O–H groups in total. The van der Waals surface area contributed by atoms with Crippen molar-refractivity contribution in [2.75, 3.05) is 17.2 Å². The Balaban J connectivity index is 1.62. The van der Waals surface area contributed by atoms with E-state index in [1.165, 1.54) is 11.3 Å². The maximum absolute atomic E-state index is 13.0. The molecule has 0 spiro atoms. The first-order valence-corrected chi connectivity index (χ1v) is 11.0. The normalized spacial score (nSPS) is 13.2. The van der Waals surface area contributed by atoms with Crippen LogP contribution in [0.3, 0.4) is 0 Å². The molecule has 1 aliphatic rings. The Labute approximate surface area is 186 Å².